The Morgan fingerprint density at radius 1 is 1.16 bits per heavy atom. The highest BCUT2D eigenvalue weighted by Gasteiger charge is 2.12. The van der Waals surface area contributed by atoms with Crippen molar-refractivity contribution in [2.75, 3.05) is 18.9 Å². The van der Waals surface area contributed by atoms with Crippen LogP contribution in [0.1, 0.15) is 42.0 Å². The van der Waals surface area contributed by atoms with Gasteiger partial charge in [-0.15, -0.1) is 0 Å². The Morgan fingerprint density at radius 2 is 1.80 bits per heavy atom. The molecule has 1 amide bonds. The number of halogens is 1. The molecule has 0 fully saturated rings. The second kappa shape index (κ2) is 8.50. The first-order chi connectivity index (χ1) is 11.8. The van der Waals surface area contributed by atoms with Crippen molar-refractivity contribution in [3.8, 4) is 0 Å². The van der Waals surface area contributed by atoms with Gasteiger partial charge in [-0.3, -0.25) is 9.69 Å². The lowest BCUT2D eigenvalue weighted by atomic mass is 10.0. The standard InChI is InChI=1S/C21H27ClN2O/c1-14(2)18-8-6-17(7-9-18)12-24(5)13-20(25)23-21-16(4)10-15(3)11-19(21)22/h6-11,14H,12-13H2,1-5H3,(H,23,25). The third-order valence-electron chi connectivity index (χ3n) is 4.21. The molecule has 0 atom stereocenters. The van der Waals surface area contributed by atoms with Crippen molar-refractivity contribution in [3.63, 3.8) is 0 Å². The van der Waals surface area contributed by atoms with Crippen molar-refractivity contribution >= 4 is 23.2 Å². The summed E-state index contributed by atoms with van der Waals surface area (Å²) >= 11 is 6.26. The van der Waals surface area contributed by atoms with Gasteiger partial charge >= 0.3 is 0 Å². The maximum Gasteiger partial charge on any atom is 0.238 e. The Kier molecular flexibility index (Phi) is 6.63. The van der Waals surface area contributed by atoms with Crippen LogP contribution < -0.4 is 5.32 Å². The minimum atomic E-state index is -0.0600. The number of carbonyl (C=O) groups is 1. The fourth-order valence-corrected chi connectivity index (χ4v) is 3.24. The van der Waals surface area contributed by atoms with Crippen molar-refractivity contribution in [1.82, 2.24) is 4.90 Å². The van der Waals surface area contributed by atoms with E-state index in [2.05, 4.69) is 43.4 Å². The topological polar surface area (TPSA) is 32.3 Å². The van der Waals surface area contributed by atoms with Crippen molar-refractivity contribution < 1.29 is 4.79 Å². The summed E-state index contributed by atoms with van der Waals surface area (Å²) in [6.45, 7) is 9.35. The highest BCUT2D eigenvalue weighted by atomic mass is 35.5. The normalized spacial score (nSPS) is 11.2. The monoisotopic (exact) mass is 358 g/mol. The van der Waals surface area contributed by atoms with Crippen molar-refractivity contribution in [3.05, 3.63) is 63.7 Å². The average Bonchev–Trinajstić information content (AvgIpc) is 2.51. The predicted molar refractivity (Wildman–Crippen MR) is 106 cm³/mol. The summed E-state index contributed by atoms with van der Waals surface area (Å²) in [5, 5.41) is 3.52. The first kappa shape index (κ1) is 19.5. The molecular weight excluding hydrogens is 332 g/mol. The highest BCUT2D eigenvalue weighted by molar-refractivity contribution is 6.34. The molecule has 25 heavy (non-hydrogen) atoms. The number of hydrogen-bond donors (Lipinski definition) is 1. The largest absolute Gasteiger partial charge is 0.323 e. The molecule has 3 nitrogen and oxygen atoms in total. The fourth-order valence-electron chi connectivity index (χ4n) is 2.87. The molecule has 4 heteroatoms. The van der Waals surface area contributed by atoms with Gasteiger partial charge in [-0.05, 0) is 55.1 Å². The molecule has 0 aliphatic heterocycles. The Balaban J connectivity index is 1.94. The molecule has 0 radical (unpaired) electrons. The van der Waals surface area contributed by atoms with Crippen LogP contribution in [0, 0.1) is 13.8 Å². The number of likely N-dealkylation sites (N-methyl/N-ethyl adjacent to an activating group) is 1. The number of nitrogens with one attached hydrogen (secondary N) is 1. The maximum absolute atomic E-state index is 12.3. The van der Waals surface area contributed by atoms with Gasteiger partial charge in [0.25, 0.3) is 0 Å². The van der Waals surface area contributed by atoms with E-state index in [9.17, 15) is 4.79 Å². The SMILES string of the molecule is Cc1cc(C)c(NC(=O)CN(C)Cc2ccc(C(C)C)cc2)c(Cl)c1. The van der Waals surface area contributed by atoms with Crippen LogP contribution in [0.15, 0.2) is 36.4 Å². The van der Waals surface area contributed by atoms with Gasteiger partial charge in [-0.2, -0.15) is 0 Å². The zero-order chi connectivity index (χ0) is 18.6. The number of carbonyl (C=O) groups excluding carboxylic acids is 1. The molecule has 0 saturated carbocycles. The molecule has 0 aliphatic rings. The van der Waals surface area contributed by atoms with E-state index in [-0.39, 0.29) is 5.91 Å². The summed E-state index contributed by atoms with van der Waals surface area (Å²) < 4.78 is 0. The second-order valence-electron chi connectivity index (χ2n) is 7.06. The van der Waals surface area contributed by atoms with E-state index in [4.69, 9.17) is 11.6 Å². The number of benzene rings is 2. The molecule has 0 spiro atoms. The molecule has 0 bridgehead atoms. The lowest BCUT2D eigenvalue weighted by Crippen LogP contribution is -2.30. The van der Waals surface area contributed by atoms with Gasteiger partial charge in [-0.1, -0.05) is 55.8 Å². The molecule has 1 N–H and O–H groups in total. The second-order valence-corrected chi connectivity index (χ2v) is 7.46. The Labute approximate surface area is 156 Å². The third-order valence-corrected chi connectivity index (χ3v) is 4.51. The van der Waals surface area contributed by atoms with E-state index < -0.39 is 0 Å². The van der Waals surface area contributed by atoms with E-state index in [1.54, 1.807) is 0 Å². The Morgan fingerprint density at radius 3 is 2.36 bits per heavy atom. The van der Waals surface area contributed by atoms with Crippen LogP contribution in [0.2, 0.25) is 5.02 Å². The number of rotatable bonds is 6. The van der Waals surface area contributed by atoms with Gasteiger partial charge in [0.2, 0.25) is 5.91 Å². The number of amides is 1. The number of nitrogens with zero attached hydrogens (tertiary/aromatic N) is 1. The van der Waals surface area contributed by atoms with Crippen LogP contribution in [-0.4, -0.2) is 24.4 Å². The molecule has 2 aromatic rings. The van der Waals surface area contributed by atoms with Crippen LogP contribution in [0.4, 0.5) is 5.69 Å². The van der Waals surface area contributed by atoms with Gasteiger partial charge in [-0.25, -0.2) is 0 Å². The van der Waals surface area contributed by atoms with Crippen LogP contribution in [0.25, 0.3) is 0 Å². The van der Waals surface area contributed by atoms with Crippen LogP contribution >= 0.6 is 11.6 Å². The summed E-state index contributed by atoms with van der Waals surface area (Å²) in [7, 11) is 1.94. The molecule has 0 heterocycles. The van der Waals surface area contributed by atoms with E-state index >= 15 is 0 Å². The summed E-state index contributed by atoms with van der Waals surface area (Å²) in [6, 6.07) is 12.5. The van der Waals surface area contributed by atoms with Gasteiger partial charge in [0.15, 0.2) is 0 Å². The quantitative estimate of drug-likeness (QED) is 0.774. The van der Waals surface area contributed by atoms with Crippen molar-refractivity contribution in [1.29, 1.82) is 0 Å². The number of hydrogen-bond acceptors (Lipinski definition) is 2. The van der Waals surface area contributed by atoms with Crippen LogP contribution in [0.5, 0.6) is 0 Å². The molecule has 134 valence electrons. The summed E-state index contributed by atoms with van der Waals surface area (Å²) in [5.41, 5.74) is 5.29. The van der Waals surface area contributed by atoms with Crippen molar-refractivity contribution in [2.45, 2.75) is 40.2 Å². The molecule has 0 aliphatic carbocycles. The van der Waals surface area contributed by atoms with E-state index in [0.29, 0.717) is 23.2 Å². The number of aryl methyl sites for hydroxylation is 2. The molecule has 2 rings (SSSR count). The van der Waals surface area contributed by atoms with E-state index in [1.165, 1.54) is 11.1 Å². The lowest BCUT2D eigenvalue weighted by molar-refractivity contribution is -0.117. The summed E-state index contributed by atoms with van der Waals surface area (Å²) in [4.78, 5) is 14.3. The minimum absolute atomic E-state index is 0.0600. The zero-order valence-corrected chi connectivity index (χ0v) is 16.4. The lowest BCUT2D eigenvalue weighted by Gasteiger charge is -2.18. The molecule has 0 aromatic heterocycles. The first-order valence-corrected chi connectivity index (χ1v) is 8.98. The van der Waals surface area contributed by atoms with Crippen molar-refractivity contribution in [2.24, 2.45) is 0 Å². The number of anilines is 1. The van der Waals surface area contributed by atoms with Crippen LogP contribution in [0.3, 0.4) is 0 Å². The van der Waals surface area contributed by atoms with Gasteiger partial charge < -0.3 is 5.32 Å². The van der Waals surface area contributed by atoms with Crippen LogP contribution in [-0.2, 0) is 11.3 Å². The highest BCUT2D eigenvalue weighted by Crippen LogP contribution is 2.27. The molecular formula is C21H27ClN2O. The average molecular weight is 359 g/mol. The maximum atomic E-state index is 12.3. The predicted octanol–water partition coefficient (Wildman–Crippen LogP) is 5.15. The van der Waals surface area contributed by atoms with Gasteiger partial charge in [0.1, 0.15) is 0 Å². The van der Waals surface area contributed by atoms with Gasteiger partial charge in [0.05, 0.1) is 17.3 Å². The third kappa shape index (κ3) is 5.58. The Hall–Kier alpha value is -1.84. The zero-order valence-electron chi connectivity index (χ0n) is 15.7. The van der Waals surface area contributed by atoms with Gasteiger partial charge in [0, 0.05) is 6.54 Å². The minimum Gasteiger partial charge on any atom is -0.323 e. The summed E-state index contributed by atoms with van der Waals surface area (Å²) in [6.07, 6.45) is 0. The fraction of sp³-hybridized carbons (Fsp3) is 0.381. The Bertz CT molecular complexity index is 715. The molecule has 0 saturated heterocycles. The van der Waals surface area contributed by atoms with E-state index in [1.807, 2.05) is 37.9 Å². The first-order valence-electron chi connectivity index (χ1n) is 8.60. The molecule has 2 aromatic carbocycles. The summed E-state index contributed by atoms with van der Waals surface area (Å²) in [5.74, 6) is 0.468. The molecule has 0 unspecified atom stereocenters. The van der Waals surface area contributed by atoms with E-state index in [0.717, 1.165) is 17.7 Å². The smallest absolute Gasteiger partial charge is 0.238 e.